The smallest absolute Gasteiger partial charge is 0.237 e. The molecular formula is C9H20N2O3S. The van der Waals surface area contributed by atoms with Crippen LogP contribution in [0.1, 0.15) is 20.8 Å². The van der Waals surface area contributed by atoms with E-state index in [1.54, 1.807) is 6.92 Å². The van der Waals surface area contributed by atoms with Gasteiger partial charge in [0.1, 0.15) is 0 Å². The SMILES string of the molecule is CCS(=O)(=O)CCNC(=O)[C@H](N)C(C)C. The molecule has 0 rings (SSSR count). The van der Waals surface area contributed by atoms with Gasteiger partial charge in [-0.3, -0.25) is 4.79 Å². The highest BCUT2D eigenvalue weighted by atomic mass is 32.2. The van der Waals surface area contributed by atoms with E-state index in [9.17, 15) is 13.2 Å². The van der Waals surface area contributed by atoms with Gasteiger partial charge in [-0.2, -0.15) is 0 Å². The van der Waals surface area contributed by atoms with Gasteiger partial charge in [0.05, 0.1) is 11.8 Å². The first-order valence-electron chi connectivity index (χ1n) is 5.04. The Balaban J connectivity index is 3.93. The first kappa shape index (κ1) is 14.4. The van der Waals surface area contributed by atoms with Crippen molar-refractivity contribution in [1.29, 1.82) is 0 Å². The van der Waals surface area contributed by atoms with Crippen molar-refractivity contribution in [2.45, 2.75) is 26.8 Å². The van der Waals surface area contributed by atoms with E-state index in [-0.39, 0.29) is 29.9 Å². The van der Waals surface area contributed by atoms with Crippen LogP contribution >= 0.6 is 0 Å². The number of hydrogen-bond donors (Lipinski definition) is 2. The molecule has 0 fully saturated rings. The van der Waals surface area contributed by atoms with E-state index in [1.165, 1.54) is 0 Å². The Labute approximate surface area is 91.3 Å². The van der Waals surface area contributed by atoms with Crippen LogP contribution in [-0.2, 0) is 14.6 Å². The summed E-state index contributed by atoms with van der Waals surface area (Å²) in [6.45, 7) is 5.40. The van der Waals surface area contributed by atoms with Gasteiger partial charge in [0.15, 0.2) is 9.84 Å². The van der Waals surface area contributed by atoms with Crippen molar-refractivity contribution in [3.8, 4) is 0 Å². The average molecular weight is 236 g/mol. The van der Waals surface area contributed by atoms with E-state index >= 15 is 0 Å². The summed E-state index contributed by atoms with van der Waals surface area (Å²) in [7, 11) is -3.02. The number of amides is 1. The Morgan fingerprint density at radius 2 is 1.93 bits per heavy atom. The van der Waals surface area contributed by atoms with E-state index in [2.05, 4.69) is 5.32 Å². The zero-order valence-electron chi connectivity index (χ0n) is 9.49. The maximum Gasteiger partial charge on any atom is 0.237 e. The zero-order valence-corrected chi connectivity index (χ0v) is 10.3. The molecule has 0 spiro atoms. The molecule has 0 saturated carbocycles. The monoisotopic (exact) mass is 236 g/mol. The molecule has 90 valence electrons. The van der Waals surface area contributed by atoms with Gasteiger partial charge in [-0.25, -0.2) is 8.42 Å². The molecule has 1 atom stereocenters. The summed E-state index contributed by atoms with van der Waals surface area (Å²) >= 11 is 0. The minimum Gasteiger partial charge on any atom is -0.354 e. The van der Waals surface area contributed by atoms with Crippen molar-refractivity contribution in [3.63, 3.8) is 0 Å². The Hall–Kier alpha value is -0.620. The van der Waals surface area contributed by atoms with Gasteiger partial charge in [0.2, 0.25) is 5.91 Å². The number of carbonyl (C=O) groups excluding carboxylic acids is 1. The second-order valence-electron chi connectivity index (χ2n) is 3.80. The molecule has 0 aliphatic rings. The molecule has 0 aromatic rings. The number of sulfone groups is 1. The lowest BCUT2D eigenvalue weighted by molar-refractivity contribution is -0.123. The summed E-state index contributed by atoms with van der Waals surface area (Å²) in [6, 6.07) is -0.575. The van der Waals surface area contributed by atoms with Crippen LogP contribution in [0.2, 0.25) is 0 Å². The van der Waals surface area contributed by atoms with Crippen molar-refractivity contribution >= 4 is 15.7 Å². The Morgan fingerprint density at radius 1 is 1.40 bits per heavy atom. The maximum absolute atomic E-state index is 11.3. The van der Waals surface area contributed by atoms with Crippen molar-refractivity contribution in [1.82, 2.24) is 5.32 Å². The third kappa shape index (κ3) is 5.74. The molecule has 1 amide bonds. The van der Waals surface area contributed by atoms with Crippen LogP contribution in [0.5, 0.6) is 0 Å². The lowest BCUT2D eigenvalue weighted by Gasteiger charge is -2.15. The van der Waals surface area contributed by atoms with Crippen LogP contribution in [0.15, 0.2) is 0 Å². The predicted molar refractivity (Wildman–Crippen MR) is 60.2 cm³/mol. The van der Waals surface area contributed by atoms with Crippen molar-refractivity contribution < 1.29 is 13.2 Å². The molecular weight excluding hydrogens is 216 g/mol. The van der Waals surface area contributed by atoms with Crippen LogP contribution in [-0.4, -0.2) is 38.4 Å². The van der Waals surface area contributed by atoms with Gasteiger partial charge in [-0.1, -0.05) is 20.8 Å². The van der Waals surface area contributed by atoms with E-state index in [4.69, 9.17) is 5.73 Å². The van der Waals surface area contributed by atoms with E-state index in [0.717, 1.165) is 0 Å². The average Bonchev–Trinajstić information content (AvgIpc) is 2.16. The molecule has 0 bridgehead atoms. The third-order valence-corrected chi connectivity index (χ3v) is 3.88. The van der Waals surface area contributed by atoms with Gasteiger partial charge in [0, 0.05) is 12.3 Å². The number of hydrogen-bond acceptors (Lipinski definition) is 4. The molecule has 6 heteroatoms. The van der Waals surface area contributed by atoms with Gasteiger partial charge in [-0.15, -0.1) is 0 Å². The van der Waals surface area contributed by atoms with Gasteiger partial charge < -0.3 is 11.1 Å². The first-order chi connectivity index (χ1) is 6.80. The lowest BCUT2D eigenvalue weighted by Crippen LogP contribution is -2.45. The Bertz CT molecular complexity index is 298. The number of rotatable bonds is 6. The quantitative estimate of drug-likeness (QED) is 0.652. The molecule has 15 heavy (non-hydrogen) atoms. The minimum absolute atomic E-state index is 0.0277. The van der Waals surface area contributed by atoms with Crippen LogP contribution in [0, 0.1) is 5.92 Å². The van der Waals surface area contributed by atoms with Crippen LogP contribution in [0.25, 0.3) is 0 Å². The summed E-state index contributed by atoms with van der Waals surface area (Å²) in [5, 5.41) is 2.51. The van der Waals surface area contributed by atoms with E-state index in [1.807, 2.05) is 13.8 Å². The minimum atomic E-state index is -3.02. The Morgan fingerprint density at radius 3 is 2.33 bits per heavy atom. The summed E-state index contributed by atoms with van der Waals surface area (Å²) in [6.07, 6.45) is 0. The Kier molecular flexibility index (Phi) is 5.82. The molecule has 0 radical (unpaired) electrons. The van der Waals surface area contributed by atoms with Crippen LogP contribution in [0.3, 0.4) is 0 Å². The van der Waals surface area contributed by atoms with Crippen molar-refractivity contribution in [3.05, 3.63) is 0 Å². The molecule has 0 aromatic carbocycles. The fourth-order valence-electron chi connectivity index (χ4n) is 0.895. The first-order valence-corrected chi connectivity index (χ1v) is 6.86. The fourth-order valence-corrected chi connectivity index (χ4v) is 1.60. The molecule has 0 heterocycles. The highest BCUT2D eigenvalue weighted by molar-refractivity contribution is 7.91. The van der Waals surface area contributed by atoms with Crippen molar-refractivity contribution in [2.75, 3.05) is 18.1 Å². The van der Waals surface area contributed by atoms with Crippen molar-refractivity contribution in [2.24, 2.45) is 11.7 Å². The second-order valence-corrected chi connectivity index (χ2v) is 6.27. The molecule has 0 aromatic heterocycles. The zero-order chi connectivity index (χ0) is 12.1. The summed E-state index contributed by atoms with van der Waals surface area (Å²) in [4.78, 5) is 11.3. The third-order valence-electron chi connectivity index (χ3n) is 2.17. The molecule has 0 aliphatic heterocycles. The molecule has 0 unspecified atom stereocenters. The van der Waals surface area contributed by atoms with Crippen LogP contribution in [0.4, 0.5) is 0 Å². The largest absolute Gasteiger partial charge is 0.354 e. The number of carbonyl (C=O) groups is 1. The molecule has 3 N–H and O–H groups in total. The van der Waals surface area contributed by atoms with Gasteiger partial charge in [-0.05, 0) is 5.92 Å². The molecule has 0 saturated heterocycles. The summed E-state index contributed by atoms with van der Waals surface area (Å²) in [5.41, 5.74) is 5.58. The normalized spacial score (nSPS) is 13.9. The second kappa shape index (κ2) is 6.07. The topological polar surface area (TPSA) is 89.3 Å². The summed E-state index contributed by atoms with van der Waals surface area (Å²) < 4.78 is 22.2. The highest BCUT2D eigenvalue weighted by Crippen LogP contribution is 1.97. The fraction of sp³-hybridized carbons (Fsp3) is 0.889. The standard InChI is InChI=1S/C9H20N2O3S/c1-4-15(13,14)6-5-11-9(12)8(10)7(2)3/h7-8H,4-6,10H2,1-3H3,(H,11,12)/t8-/m1/s1. The highest BCUT2D eigenvalue weighted by Gasteiger charge is 2.17. The lowest BCUT2D eigenvalue weighted by atomic mass is 10.1. The predicted octanol–water partition coefficient (Wildman–Crippen LogP) is -0.479. The molecule has 5 nitrogen and oxygen atoms in total. The maximum atomic E-state index is 11.3. The summed E-state index contributed by atoms with van der Waals surface area (Å²) in [5.74, 6) is -0.178. The number of nitrogens with two attached hydrogens (primary N) is 1. The van der Waals surface area contributed by atoms with Crippen LogP contribution < -0.4 is 11.1 Å². The number of nitrogens with one attached hydrogen (secondary N) is 1. The molecule has 0 aliphatic carbocycles. The van der Waals surface area contributed by atoms with E-state index in [0.29, 0.717) is 0 Å². The van der Waals surface area contributed by atoms with Gasteiger partial charge >= 0.3 is 0 Å². The van der Waals surface area contributed by atoms with Gasteiger partial charge in [0.25, 0.3) is 0 Å². The van der Waals surface area contributed by atoms with E-state index < -0.39 is 15.9 Å².